The molecule has 0 amide bonds. The number of allylic oxidation sites excluding steroid dienone is 2. The van der Waals surface area contributed by atoms with Crippen molar-refractivity contribution in [1.29, 1.82) is 0 Å². The summed E-state index contributed by atoms with van der Waals surface area (Å²) in [7, 11) is 0. The van der Waals surface area contributed by atoms with Crippen molar-refractivity contribution in [1.82, 2.24) is 0 Å². The zero-order valence-electron chi connectivity index (χ0n) is 11.2. The first-order chi connectivity index (χ1) is 8.63. The van der Waals surface area contributed by atoms with E-state index in [4.69, 9.17) is 0 Å². The number of benzene rings is 1. The highest BCUT2D eigenvalue weighted by molar-refractivity contribution is 14.1. The van der Waals surface area contributed by atoms with E-state index in [0.717, 1.165) is 17.6 Å². The van der Waals surface area contributed by atoms with Gasteiger partial charge in [0.05, 0.1) is 0 Å². The largest absolute Gasteiger partial charge is 0.283 e. The van der Waals surface area contributed by atoms with Crippen LogP contribution in [-0.4, -0.2) is 3.79 Å². The predicted molar refractivity (Wildman–Crippen MR) is 87.0 cm³/mol. The highest BCUT2D eigenvalue weighted by Crippen LogP contribution is 2.16. The number of carbonyl (C=O) groups excluding carboxylic acids is 1. The molecule has 0 aliphatic rings. The lowest BCUT2D eigenvalue weighted by Gasteiger charge is -2.04. The average molecular weight is 356 g/mol. The van der Waals surface area contributed by atoms with Crippen molar-refractivity contribution in [2.24, 2.45) is 0 Å². The zero-order chi connectivity index (χ0) is 13.4. The Morgan fingerprint density at radius 1 is 1.17 bits per heavy atom. The Morgan fingerprint density at radius 2 is 1.83 bits per heavy atom. The Bertz CT molecular complexity index is 404. The SMILES string of the molecule is CCCCCCc1ccc(/C(C)=C/C(=O)I)cc1. The van der Waals surface area contributed by atoms with Gasteiger partial charge in [-0.3, -0.25) is 4.79 Å². The summed E-state index contributed by atoms with van der Waals surface area (Å²) in [5, 5.41) is 0. The van der Waals surface area contributed by atoms with Gasteiger partial charge in [0, 0.05) is 22.6 Å². The maximum atomic E-state index is 11.0. The monoisotopic (exact) mass is 356 g/mol. The normalized spacial score (nSPS) is 11.6. The van der Waals surface area contributed by atoms with Crippen molar-refractivity contribution in [2.45, 2.75) is 46.0 Å². The molecule has 0 aliphatic carbocycles. The number of carbonyl (C=O) groups is 1. The van der Waals surface area contributed by atoms with Crippen molar-refractivity contribution in [3.63, 3.8) is 0 Å². The number of hydrogen-bond donors (Lipinski definition) is 0. The Labute approximate surface area is 124 Å². The highest BCUT2D eigenvalue weighted by Gasteiger charge is 1.99. The maximum Gasteiger partial charge on any atom is 0.215 e. The van der Waals surface area contributed by atoms with Crippen LogP contribution in [0.3, 0.4) is 0 Å². The predicted octanol–water partition coefficient (Wildman–Crippen LogP) is 5.17. The fraction of sp³-hybridized carbons (Fsp3) is 0.438. The van der Waals surface area contributed by atoms with Crippen LogP contribution in [0.5, 0.6) is 0 Å². The second kappa shape index (κ2) is 8.46. The van der Waals surface area contributed by atoms with Crippen molar-refractivity contribution in [3.8, 4) is 0 Å². The summed E-state index contributed by atoms with van der Waals surface area (Å²) in [6.45, 7) is 4.21. The van der Waals surface area contributed by atoms with Crippen LogP contribution in [-0.2, 0) is 11.2 Å². The van der Waals surface area contributed by atoms with Gasteiger partial charge in [0.25, 0.3) is 0 Å². The fourth-order valence-electron chi connectivity index (χ4n) is 1.94. The van der Waals surface area contributed by atoms with Gasteiger partial charge in [0.2, 0.25) is 3.79 Å². The Morgan fingerprint density at radius 3 is 2.39 bits per heavy atom. The van der Waals surface area contributed by atoms with Gasteiger partial charge in [-0.25, -0.2) is 0 Å². The maximum absolute atomic E-state index is 11.0. The molecule has 98 valence electrons. The van der Waals surface area contributed by atoms with Gasteiger partial charge in [0.1, 0.15) is 0 Å². The number of halogens is 1. The smallest absolute Gasteiger partial charge is 0.215 e. The van der Waals surface area contributed by atoms with Gasteiger partial charge < -0.3 is 0 Å². The van der Waals surface area contributed by atoms with E-state index in [1.165, 1.54) is 31.2 Å². The molecule has 2 heteroatoms. The number of unbranched alkanes of at least 4 members (excludes halogenated alkanes) is 3. The lowest BCUT2D eigenvalue weighted by Crippen LogP contribution is -1.88. The molecular formula is C16H21IO. The van der Waals surface area contributed by atoms with E-state index in [1.807, 2.05) is 6.92 Å². The van der Waals surface area contributed by atoms with Gasteiger partial charge in [-0.1, -0.05) is 50.5 Å². The first-order valence-corrected chi connectivity index (χ1v) is 7.68. The Hall–Kier alpha value is -0.640. The van der Waals surface area contributed by atoms with Crippen molar-refractivity contribution in [2.75, 3.05) is 0 Å². The van der Waals surface area contributed by atoms with E-state index in [9.17, 15) is 4.79 Å². The summed E-state index contributed by atoms with van der Waals surface area (Å²) in [6, 6.07) is 8.58. The van der Waals surface area contributed by atoms with Crippen LogP contribution < -0.4 is 0 Å². The summed E-state index contributed by atoms with van der Waals surface area (Å²) in [5.74, 6) is 0. The van der Waals surface area contributed by atoms with Crippen LogP contribution in [0.15, 0.2) is 30.3 Å². The van der Waals surface area contributed by atoms with Gasteiger partial charge in [0.15, 0.2) is 0 Å². The topological polar surface area (TPSA) is 17.1 Å². The number of aryl methyl sites for hydroxylation is 1. The van der Waals surface area contributed by atoms with E-state index in [2.05, 4.69) is 31.2 Å². The van der Waals surface area contributed by atoms with E-state index in [-0.39, 0.29) is 3.79 Å². The second-order valence-corrected chi connectivity index (χ2v) is 5.70. The van der Waals surface area contributed by atoms with Crippen LogP contribution in [0.25, 0.3) is 5.57 Å². The summed E-state index contributed by atoms with van der Waals surface area (Å²) < 4.78 is 0.0775. The molecule has 0 atom stereocenters. The molecule has 0 radical (unpaired) electrons. The molecule has 0 spiro atoms. The van der Waals surface area contributed by atoms with Gasteiger partial charge in [-0.2, -0.15) is 0 Å². The van der Waals surface area contributed by atoms with Crippen molar-refractivity contribution < 1.29 is 4.79 Å². The van der Waals surface area contributed by atoms with Gasteiger partial charge >= 0.3 is 0 Å². The summed E-state index contributed by atoms with van der Waals surface area (Å²) in [4.78, 5) is 11.0. The van der Waals surface area contributed by atoms with Crippen LogP contribution in [0.2, 0.25) is 0 Å². The molecule has 1 rings (SSSR count). The molecule has 1 aromatic carbocycles. The van der Waals surface area contributed by atoms with E-state index in [1.54, 1.807) is 28.7 Å². The first kappa shape index (κ1) is 15.4. The molecule has 0 aromatic heterocycles. The fourth-order valence-corrected chi connectivity index (χ4v) is 2.41. The summed E-state index contributed by atoms with van der Waals surface area (Å²) in [6.07, 6.45) is 8.05. The minimum Gasteiger partial charge on any atom is -0.283 e. The molecule has 0 fully saturated rings. The second-order valence-electron chi connectivity index (χ2n) is 4.64. The average Bonchev–Trinajstić information content (AvgIpc) is 2.34. The summed E-state index contributed by atoms with van der Waals surface area (Å²) in [5.41, 5.74) is 3.56. The lowest BCUT2D eigenvalue weighted by molar-refractivity contribution is -0.105. The molecule has 1 aromatic rings. The van der Waals surface area contributed by atoms with E-state index in [0.29, 0.717) is 0 Å². The quantitative estimate of drug-likeness (QED) is 0.285. The van der Waals surface area contributed by atoms with Crippen LogP contribution in [0, 0.1) is 0 Å². The first-order valence-electron chi connectivity index (χ1n) is 6.60. The molecule has 1 nitrogen and oxygen atoms in total. The van der Waals surface area contributed by atoms with E-state index < -0.39 is 0 Å². The molecule has 0 aliphatic heterocycles. The summed E-state index contributed by atoms with van der Waals surface area (Å²) >= 11 is 1.80. The molecular weight excluding hydrogens is 335 g/mol. The lowest BCUT2D eigenvalue weighted by atomic mass is 10.0. The zero-order valence-corrected chi connectivity index (χ0v) is 13.4. The molecule has 0 saturated carbocycles. The minimum atomic E-state index is 0.0775. The van der Waals surface area contributed by atoms with Gasteiger partial charge in [-0.05, 0) is 42.5 Å². The molecule has 0 bridgehead atoms. The molecule has 18 heavy (non-hydrogen) atoms. The van der Waals surface area contributed by atoms with Crippen LogP contribution in [0.4, 0.5) is 0 Å². The minimum absolute atomic E-state index is 0.0775. The highest BCUT2D eigenvalue weighted by atomic mass is 127. The Balaban J connectivity index is 2.54. The third-order valence-corrected chi connectivity index (χ3v) is 3.37. The van der Waals surface area contributed by atoms with Crippen molar-refractivity contribution in [3.05, 3.63) is 41.5 Å². The molecule has 0 heterocycles. The van der Waals surface area contributed by atoms with Crippen molar-refractivity contribution >= 4 is 32.0 Å². The molecule has 0 saturated heterocycles. The Kier molecular flexibility index (Phi) is 7.25. The molecule has 0 unspecified atom stereocenters. The number of rotatable bonds is 7. The van der Waals surface area contributed by atoms with Crippen LogP contribution >= 0.6 is 22.6 Å². The standard InChI is InChI=1S/C16H21IO/c1-3-4-5-6-7-14-8-10-15(11-9-14)13(2)12-16(17)18/h8-12H,3-7H2,1-2H3/b13-12+. The third kappa shape index (κ3) is 5.80. The third-order valence-electron chi connectivity index (χ3n) is 3.06. The van der Waals surface area contributed by atoms with Gasteiger partial charge in [-0.15, -0.1) is 0 Å². The molecule has 0 N–H and O–H groups in total. The van der Waals surface area contributed by atoms with Crippen LogP contribution in [0.1, 0.15) is 50.7 Å². The van der Waals surface area contributed by atoms with E-state index >= 15 is 0 Å². The number of hydrogen-bond acceptors (Lipinski definition) is 1.